The van der Waals surface area contributed by atoms with Crippen molar-refractivity contribution in [2.24, 2.45) is 0 Å². The SMILES string of the molecule is CC1COC(CO)CN1C(=O)c1ccc2c(c1)NC(=O)C2. The van der Waals surface area contributed by atoms with Crippen LogP contribution in [-0.4, -0.2) is 53.7 Å². The van der Waals surface area contributed by atoms with E-state index in [1.165, 1.54) is 0 Å². The van der Waals surface area contributed by atoms with Crippen LogP contribution >= 0.6 is 0 Å². The molecule has 1 saturated heterocycles. The average Bonchev–Trinajstić information content (AvgIpc) is 2.86. The van der Waals surface area contributed by atoms with Gasteiger partial charge < -0.3 is 20.1 Å². The topological polar surface area (TPSA) is 78.9 Å². The number of amides is 2. The maximum atomic E-state index is 12.6. The number of anilines is 1. The highest BCUT2D eigenvalue weighted by atomic mass is 16.5. The number of hydrogen-bond donors (Lipinski definition) is 2. The van der Waals surface area contributed by atoms with E-state index < -0.39 is 0 Å². The monoisotopic (exact) mass is 290 g/mol. The molecule has 2 aliphatic heterocycles. The van der Waals surface area contributed by atoms with Crippen molar-refractivity contribution in [1.82, 2.24) is 4.90 Å². The number of rotatable bonds is 2. The molecule has 6 nitrogen and oxygen atoms in total. The molecule has 6 heteroatoms. The van der Waals surface area contributed by atoms with Gasteiger partial charge in [-0.2, -0.15) is 0 Å². The maximum absolute atomic E-state index is 12.6. The van der Waals surface area contributed by atoms with E-state index in [0.717, 1.165) is 5.56 Å². The Kier molecular flexibility index (Phi) is 3.65. The summed E-state index contributed by atoms with van der Waals surface area (Å²) in [5.41, 5.74) is 2.17. The Morgan fingerprint density at radius 2 is 2.33 bits per heavy atom. The quantitative estimate of drug-likeness (QED) is 0.826. The Morgan fingerprint density at radius 3 is 3.10 bits per heavy atom. The van der Waals surface area contributed by atoms with E-state index in [9.17, 15) is 14.7 Å². The number of fused-ring (bicyclic) bond motifs is 1. The Hall–Kier alpha value is -1.92. The van der Waals surface area contributed by atoms with Crippen molar-refractivity contribution in [1.29, 1.82) is 0 Å². The summed E-state index contributed by atoms with van der Waals surface area (Å²) in [5.74, 6) is -0.150. The number of ether oxygens (including phenoxy) is 1. The lowest BCUT2D eigenvalue weighted by molar-refractivity contribution is -0.115. The second-order valence-electron chi connectivity index (χ2n) is 5.54. The molecule has 2 N–H and O–H groups in total. The molecule has 0 saturated carbocycles. The third-order valence-electron chi connectivity index (χ3n) is 3.95. The number of carbonyl (C=O) groups excluding carboxylic acids is 2. The first-order valence-electron chi connectivity index (χ1n) is 7.04. The molecule has 3 rings (SSSR count). The van der Waals surface area contributed by atoms with E-state index in [4.69, 9.17) is 4.74 Å². The first-order valence-corrected chi connectivity index (χ1v) is 7.04. The van der Waals surface area contributed by atoms with Gasteiger partial charge in [0.15, 0.2) is 0 Å². The summed E-state index contributed by atoms with van der Waals surface area (Å²) in [6, 6.07) is 5.24. The number of nitrogens with zero attached hydrogens (tertiary/aromatic N) is 1. The summed E-state index contributed by atoms with van der Waals surface area (Å²) in [5, 5.41) is 11.9. The van der Waals surface area contributed by atoms with Gasteiger partial charge in [-0.3, -0.25) is 9.59 Å². The molecule has 21 heavy (non-hydrogen) atoms. The van der Waals surface area contributed by atoms with Gasteiger partial charge in [-0.25, -0.2) is 0 Å². The van der Waals surface area contributed by atoms with Crippen LogP contribution in [0.2, 0.25) is 0 Å². The van der Waals surface area contributed by atoms with Crippen LogP contribution in [0.25, 0.3) is 0 Å². The highest BCUT2D eigenvalue weighted by molar-refractivity contribution is 6.02. The van der Waals surface area contributed by atoms with Gasteiger partial charge in [0.05, 0.1) is 31.8 Å². The minimum Gasteiger partial charge on any atom is -0.394 e. The molecule has 0 spiro atoms. The first-order chi connectivity index (χ1) is 10.1. The number of nitrogens with one attached hydrogen (secondary N) is 1. The van der Waals surface area contributed by atoms with E-state index in [2.05, 4.69) is 5.32 Å². The molecular weight excluding hydrogens is 272 g/mol. The van der Waals surface area contributed by atoms with Crippen LogP contribution in [0.15, 0.2) is 18.2 Å². The molecule has 1 aromatic rings. The van der Waals surface area contributed by atoms with E-state index >= 15 is 0 Å². The molecule has 0 aromatic heterocycles. The Bertz CT molecular complexity index is 587. The number of carbonyl (C=O) groups is 2. The molecule has 0 aliphatic carbocycles. The van der Waals surface area contributed by atoms with Gasteiger partial charge in [0.25, 0.3) is 5.91 Å². The summed E-state index contributed by atoms with van der Waals surface area (Å²) in [4.78, 5) is 25.7. The number of benzene rings is 1. The predicted molar refractivity (Wildman–Crippen MR) is 76.1 cm³/mol. The van der Waals surface area contributed by atoms with E-state index in [0.29, 0.717) is 30.8 Å². The zero-order valence-electron chi connectivity index (χ0n) is 11.8. The molecule has 2 amide bonds. The standard InChI is InChI=1S/C15H18N2O4/c1-9-8-21-12(7-18)6-17(9)15(20)11-3-2-10-5-14(19)16-13(10)4-11/h2-4,9,12,18H,5-8H2,1H3,(H,16,19). The Morgan fingerprint density at radius 1 is 1.52 bits per heavy atom. The van der Waals surface area contributed by atoms with Crippen LogP contribution in [-0.2, 0) is 16.0 Å². The molecule has 2 heterocycles. The lowest BCUT2D eigenvalue weighted by Gasteiger charge is -2.37. The molecular formula is C15H18N2O4. The van der Waals surface area contributed by atoms with Crippen molar-refractivity contribution >= 4 is 17.5 Å². The van der Waals surface area contributed by atoms with E-state index in [-0.39, 0.29) is 30.6 Å². The number of morpholine rings is 1. The lowest BCUT2D eigenvalue weighted by Crippen LogP contribution is -2.52. The maximum Gasteiger partial charge on any atom is 0.254 e. The summed E-state index contributed by atoms with van der Waals surface area (Å²) in [6.45, 7) is 2.61. The largest absolute Gasteiger partial charge is 0.394 e. The second-order valence-corrected chi connectivity index (χ2v) is 5.54. The average molecular weight is 290 g/mol. The van der Waals surface area contributed by atoms with Crippen molar-refractivity contribution in [3.05, 3.63) is 29.3 Å². The van der Waals surface area contributed by atoms with Crippen molar-refractivity contribution in [3.63, 3.8) is 0 Å². The van der Waals surface area contributed by atoms with Crippen LogP contribution in [0.5, 0.6) is 0 Å². The fraction of sp³-hybridized carbons (Fsp3) is 0.467. The second kappa shape index (κ2) is 5.46. The molecule has 2 aliphatic rings. The van der Waals surface area contributed by atoms with Crippen LogP contribution in [0.4, 0.5) is 5.69 Å². The van der Waals surface area contributed by atoms with Crippen molar-refractivity contribution in [2.45, 2.75) is 25.5 Å². The molecule has 0 radical (unpaired) electrons. The highest BCUT2D eigenvalue weighted by Gasteiger charge is 2.30. The third-order valence-corrected chi connectivity index (χ3v) is 3.95. The highest BCUT2D eigenvalue weighted by Crippen LogP contribution is 2.25. The molecule has 0 bridgehead atoms. The zero-order chi connectivity index (χ0) is 15.0. The predicted octanol–water partition coefficient (Wildman–Crippen LogP) is 0.403. The third kappa shape index (κ3) is 2.64. The van der Waals surface area contributed by atoms with E-state index in [1.807, 2.05) is 13.0 Å². The van der Waals surface area contributed by atoms with Crippen molar-refractivity contribution in [3.8, 4) is 0 Å². The summed E-state index contributed by atoms with van der Waals surface area (Å²) in [6.07, 6.45) is 0.0314. The van der Waals surface area contributed by atoms with Gasteiger partial charge >= 0.3 is 0 Å². The van der Waals surface area contributed by atoms with Gasteiger partial charge in [-0.15, -0.1) is 0 Å². The first kappa shape index (κ1) is 14.0. The van der Waals surface area contributed by atoms with E-state index in [1.54, 1.807) is 17.0 Å². The fourth-order valence-corrected chi connectivity index (χ4v) is 2.72. The molecule has 1 aromatic carbocycles. The smallest absolute Gasteiger partial charge is 0.254 e. The summed E-state index contributed by atoms with van der Waals surface area (Å²) < 4.78 is 5.44. The van der Waals surface area contributed by atoms with Crippen LogP contribution < -0.4 is 5.32 Å². The Labute approximate surface area is 122 Å². The minimum atomic E-state index is -0.334. The van der Waals surface area contributed by atoms with Gasteiger partial charge in [0.2, 0.25) is 5.91 Å². The number of aliphatic hydroxyl groups excluding tert-OH is 1. The normalized spacial score (nSPS) is 24.7. The number of aliphatic hydroxyl groups is 1. The zero-order valence-corrected chi connectivity index (χ0v) is 11.8. The number of hydrogen-bond acceptors (Lipinski definition) is 4. The van der Waals surface area contributed by atoms with Crippen LogP contribution in [0.3, 0.4) is 0 Å². The summed E-state index contributed by atoms with van der Waals surface area (Å²) >= 11 is 0. The molecule has 112 valence electrons. The van der Waals surface area contributed by atoms with Gasteiger partial charge in [-0.1, -0.05) is 6.07 Å². The molecule has 2 unspecified atom stereocenters. The Balaban J connectivity index is 1.81. The van der Waals surface area contributed by atoms with Gasteiger partial charge in [0, 0.05) is 17.8 Å². The summed E-state index contributed by atoms with van der Waals surface area (Å²) in [7, 11) is 0. The van der Waals surface area contributed by atoms with Gasteiger partial charge in [-0.05, 0) is 24.6 Å². The molecule has 2 atom stereocenters. The van der Waals surface area contributed by atoms with Crippen LogP contribution in [0, 0.1) is 0 Å². The lowest BCUT2D eigenvalue weighted by atomic mass is 10.1. The molecule has 1 fully saturated rings. The van der Waals surface area contributed by atoms with Crippen molar-refractivity contribution < 1.29 is 19.4 Å². The van der Waals surface area contributed by atoms with Crippen molar-refractivity contribution in [2.75, 3.05) is 25.1 Å². The minimum absolute atomic E-state index is 0.0388. The van der Waals surface area contributed by atoms with Gasteiger partial charge in [0.1, 0.15) is 0 Å². The van der Waals surface area contributed by atoms with Crippen LogP contribution in [0.1, 0.15) is 22.8 Å². The fourth-order valence-electron chi connectivity index (χ4n) is 2.72.